The maximum atomic E-state index is 11.9. The number of carbonyl (C=O) groups excluding carboxylic acids is 1. The molecule has 6 heteroatoms. The van der Waals surface area contributed by atoms with E-state index in [9.17, 15) is 4.79 Å². The summed E-state index contributed by atoms with van der Waals surface area (Å²) < 4.78 is 6.09. The highest BCUT2D eigenvalue weighted by molar-refractivity contribution is 8.00. The molecular weight excluding hydrogens is 334 g/mol. The monoisotopic (exact) mass is 351 g/mol. The molecule has 1 aromatic heterocycles. The number of nitrogens with one attached hydrogen (secondary N) is 2. The molecule has 1 amide bonds. The third-order valence-corrected chi connectivity index (χ3v) is 5.31. The zero-order chi connectivity index (χ0) is 17.1. The molecule has 0 aliphatic carbocycles. The van der Waals surface area contributed by atoms with Crippen molar-refractivity contribution >= 4 is 23.5 Å². The van der Waals surface area contributed by atoms with E-state index in [1.807, 2.05) is 54.6 Å². The lowest BCUT2D eigenvalue weighted by atomic mass is 10.1. The minimum atomic E-state index is -0.0271. The van der Waals surface area contributed by atoms with Crippen LogP contribution in [0, 0.1) is 0 Å². The fourth-order valence-corrected chi connectivity index (χ4v) is 3.96. The molecule has 0 bridgehead atoms. The molecule has 2 N–H and O–H groups in total. The molecule has 1 unspecified atom stereocenters. The SMILES string of the molecule is O=C1CSC(c2ccccc2OCc2ccccc2)c2cn[nH]c2N1. The highest BCUT2D eigenvalue weighted by Crippen LogP contribution is 2.43. The third-order valence-electron chi connectivity index (χ3n) is 4.04. The highest BCUT2D eigenvalue weighted by Gasteiger charge is 2.27. The van der Waals surface area contributed by atoms with E-state index >= 15 is 0 Å². The summed E-state index contributed by atoms with van der Waals surface area (Å²) >= 11 is 1.58. The van der Waals surface area contributed by atoms with Crippen molar-refractivity contribution < 1.29 is 9.53 Å². The third kappa shape index (κ3) is 3.39. The van der Waals surface area contributed by atoms with Gasteiger partial charge in [0, 0.05) is 11.1 Å². The number of aromatic nitrogens is 2. The number of para-hydroxylation sites is 1. The molecule has 3 aromatic rings. The Hall–Kier alpha value is -2.73. The fraction of sp³-hybridized carbons (Fsp3) is 0.158. The lowest BCUT2D eigenvalue weighted by molar-refractivity contribution is -0.113. The molecule has 4 rings (SSSR count). The Morgan fingerprint density at radius 3 is 2.76 bits per heavy atom. The second-order valence-corrected chi connectivity index (χ2v) is 6.85. The van der Waals surface area contributed by atoms with Crippen molar-refractivity contribution in [1.82, 2.24) is 10.2 Å². The van der Waals surface area contributed by atoms with E-state index in [2.05, 4.69) is 15.5 Å². The van der Waals surface area contributed by atoms with Gasteiger partial charge < -0.3 is 10.1 Å². The van der Waals surface area contributed by atoms with Crippen LogP contribution in [0.5, 0.6) is 5.75 Å². The summed E-state index contributed by atoms with van der Waals surface area (Å²) in [5, 5.41) is 9.80. The summed E-state index contributed by atoms with van der Waals surface area (Å²) in [7, 11) is 0. The van der Waals surface area contributed by atoms with Gasteiger partial charge in [0.2, 0.25) is 5.91 Å². The Morgan fingerprint density at radius 1 is 1.08 bits per heavy atom. The van der Waals surface area contributed by atoms with Crippen molar-refractivity contribution in [2.75, 3.05) is 11.1 Å². The second-order valence-electron chi connectivity index (χ2n) is 5.75. The Kier molecular flexibility index (Phi) is 4.43. The van der Waals surface area contributed by atoms with Crippen LogP contribution in [0.3, 0.4) is 0 Å². The van der Waals surface area contributed by atoms with Gasteiger partial charge in [-0.25, -0.2) is 0 Å². The van der Waals surface area contributed by atoms with Crippen LogP contribution >= 0.6 is 11.8 Å². The van der Waals surface area contributed by atoms with Crippen LogP contribution in [0.1, 0.15) is 21.9 Å². The molecule has 126 valence electrons. The predicted octanol–water partition coefficient (Wildman–Crippen LogP) is 3.76. The Labute approximate surface area is 149 Å². The molecule has 0 saturated heterocycles. The molecule has 2 heterocycles. The molecule has 0 radical (unpaired) electrons. The molecule has 1 aliphatic rings. The summed E-state index contributed by atoms with van der Waals surface area (Å²) in [6, 6.07) is 18.0. The van der Waals surface area contributed by atoms with E-state index in [0.29, 0.717) is 18.2 Å². The number of hydrogen-bond donors (Lipinski definition) is 2. The van der Waals surface area contributed by atoms with Crippen LogP contribution in [0.25, 0.3) is 0 Å². The van der Waals surface area contributed by atoms with Gasteiger partial charge >= 0.3 is 0 Å². The standard InChI is InChI=1S/C19H17N3O2S/c23-17-12-25-18(15-10-20-22-19(15)21-17)14-8-4-5-9-16(14)24-11-13-6-2-1-3-7-13/h1-10,18H,11-12H2,(H2,20,21,22,23). The zero-order valence-corrected chi connectivity index (χ0v) is 14.3. The topological polar surface area (TPSA) is 67.0 Å². The molecule has 0 spiro atoms. The zero-order valence-electron chi connectivity index (χ0n) is 13.4. The molecule has 1 aliphatic heterocycles. The number of amides is 1. The highest BCUT2D eigenvalue weighted by atomic mass is 32.2. The first kappa shape index (κ1) is 15.8. The number of rotatable bonds is 4. The maximum Gasteiger partial charge on any atom is 0.235 e. The number of benzene rings is 2. The van der Waals surface area contributed by atoms with Gasteiger partial charge in [-0.1, -0.05) is 48.5 Å². The van der Waals surface area contributed by atoms with Crippen LogP contribution in [0.15, 0.2) is 60.8 Å². The number of hydrogen-bond acceptors (Lipinski definition) is 4. The lowest BCUT2D eigenvalue weighted by Gasteiger charge is -2.18. The van der Waals surface area contributed by atoms with Crippen molar-refractivity contribution in [1.29, 1.82) is 0 Å². The van der Waals surface area contributed by atoms with Gasteiger partial charge in [0.1, 0.15) is 18.2 Å². The molecular formula is C19H17N3O2S. The number of carbonyl (C=O) groups is 1. The van der Waals surface area contributed by atoms with E-state index in [0.717, 1.165) is 22.4 Å². The largest absolute Gasteiger partial charge is 0.489 e. The summed E-state index contributed by atoms with van der Waals surface area (Å²) in [4.78, 5) is 11.9. The van der Waals surface area contributed by atoms with Gasteiger partial charge in [0.05, 0.1) is 17.2 Å². The molecule has 5 nitrogen and oxygen atoms in total. The van der Waals surface area contributed by atoms with E-state index in [1.165, 1.54) is 0 Å². The number of anilines is 1. The molecule has 2 aromatic carbocycles. The van der Waals surface area contributed by atoms with Gasteiger partial charge in [0.15, 0.2) is 0 Å². The summed E-state index contributed by atoms with van der Waals surface area (Å²) in [5.74, 6) is 1.85. The minimum Gasteiger partial charge on any atom is -0.489 e. The Bertz CT molecular complexity index is 879. The normalized spacial score (nSPS) is 16.6. The predicted molar refractivity (Wildman–Crippen MR) is 98.7 cm³/mol. The fourth-order valence-electron chi connectivity index (χ4n) is 2.84. The van der Waals surface area contributed by atoms with Gasteiger partial charge in [0.25, 0.3) is 0 Å². The van der Waals surface area contributed by atoms with Crippen LogP contribution in [0.4, 0.5) is 5.82 Å². The number of ether oxygens (including phenoxy) is 1. The minimum absolute atomic E-state index is 0.0142. The summed E-state index contributed by atoms with van der Waals surface area (Å²) in [6.45, 7) is 0.505. The van der Waals surface area contributed by atoms with Crippen molar-refractivity contribution in [3.05, 3.63) is 77.5 Å². The average Bonchev–Trinajstić information content (AvgIpc) is 3.03. The van der Waals surface area contributed by atoms with Gasteiger partial charge in [-0.3, -0.25) is 9.89 Å². The maximum absolute atomic E-state index is 11.9. The molecule has 0 fully saturated rings. The molecule has 1 atom stereocenters. The Morgan fingerprint density at radius 2 is 1.88 bits per heavy atom. The van der Waals surface area contributed by atoms with E-state index in [1.54, 1.807) is 18.0 Å². The van der Waals surface area contributed by atoms with Crippen molar-refractivity contribution in [2.45, 2.75) is 11.9 Å². The smallest absolute Gasteiger partial charge is 0.235 e. The first-order chi connectivity index (χ1) is 12.3. The van der Waals surface area contributed by atoms with Gasteiger partial charge in [-0.15, -0.1) is 11.8 Å². The van der Waals surface area contributed by atoms with E-state index in [-0.39, 0.29) is 11.2 Å². The second kappa shape index (κ2) is 7.03. The van der Waals surface area contributed by atoms with Gasteiger partial charge in [-0.2, -0.15) is 5.10 Å². The van der Waals surface area contributed by atoms with Crippen molar-refractivity contribution in [3.8, 4) is 5.75 Å². The average molecular weight is 351 g/mol. The number of aromatic amines is 1. The van der Waals surface area contributed by atoms with Crippen molar-refractivity contribution in [2.24, 2.45) is 0 Å². The van der Waals surface area contributed by atoms with E-state index in [4.69, 9.17) is 4.74 Å². The number of H-pyrrole nitrogens is 1. The number of nitrogens with zero attached hydrogens (tertiary/aromatic N) is 1. The van der Waals surface area contributed by atoms with Crippen LogP contribution < -0.4 is 10.1 Å². The first-order valence-electron chi connectivity index (χ1n) is 8.01. The number of fused-ring (bicyclic) bond motifs is 1. The quantitative estimate of drug-likeness (QED) is 0.751. The number of thioether (sulfide) groups is 1. The molecule has 0 saturated carbocycles. The summed E-state index contributed by atoms with van der Waals surface area (Å²) in [5.41, 5.74) is 3.13. The van der Waals surface area contributed by atoms with Crippen LogP contribution in [-0.4, -0.2) is 21.9 Å². The van der Waals surface area contributed by atoms with Crippen molar-refractivity contribution in [3.63, 3.8) is 0 Å². The Balaban J connectivity index is 1.64. The summed E-state index contributed by atoms with van der Waals surface area (Å²) in [6.07, 6.45) is 1.77. The van der Waals surface area contributed by atoms with E-state index < -0.39 is 0 Å². The van der Waals surface area contributed by atoms with Crippen LogP contribution in [-0.2, 0) is 11.4 Å². The molecule has 25 heavy (non-hydrogen) atoms. The lowest BCUT2D eigenvalue weighted by Crippen LogP contribution is -2.12. The first-order valence-corrected chi connectivity index (χ1v) is 9.06. The van der Waals surface area contributed by atoms with Crippen LogP contribution in [0.2, 0.25) is 0 Å². The van der Waals surface area contributed by atoms with Gasteiger partial charge in [-0.05, 0) is 11.6 Å².